The Bertz CT molecular complexity index is 1960. The van der Waals surface area contributed by atoms with E-state index in [4.69, 9.17) is 13.8 Å². The van der Waals surface area contributed by atoms with Gasteiger partial charge >= 0.3 is 13.8 Å². The number of nitrogens with one attached hydrogen (secondary N) is 1. The molecular weight excluding hydrogens is 1070 g/mol. The van der Waals surface area contributed by atoms with Gasteiger partial charge in [0.2, 0.25) is 5.91 Å². The first-order valence-corrected chi connectivity index (χ1v) is 35.7. The van der Waals surface area contributed by atoms with Gasteiger partial charge in [0.1, 0.15) is 19.3 Å². The van der Waals surface area contributed by atoms with Crippen molar-refractivity contribution in [2.24, 2.45) is 0 Å². The lowest BCUT2D eigenvalue weighted by molar-refractivity contribution is -0.870. The Morgan fingerprint density at radius 2 is 0.753 bits per heavy atom. The van der Waals surface area contributed by atoms with Gasteiger partial charge in [0.05, 0.1) is 33.8 Å². The van der Waals surface area contributed by atoms with Gasteiger partial charge in [-0.1, -0.05) is 270 Å². The highest BCUT2D eigenvalue weighted by atomic mass is 31.2. The monoisotopic (exact) mass is 1200 g/mol. The zero-order chi connectivity index (χ0) is 62.1. The van der Waals surface area contributed by atoms with E-state index in [1.165, 1.54) is 89.9 Å². The topological polar surface area (TPSA) is 111 Å². The second-order valence-electron chi connectivity index (χ2n) is 23.6. The third kappa shape index (κ3) is 64.2. The molecule has 85 heavy (non-hydrogen) atoms. The van der Waals surface area contributed by atoms with E-state index in [1.807, 2.05) is 33.3 Å². The number of unbranched alkanes of at least 4 members (excludes halogenated alkanes) is 22. The molecule has 0 saturated heterocycles. The maximum Gasteiger partial charge on any atom is 0.472 e. The molecule has 0 aromatic carbocycles. The molecule has 0 aliphatic heterocycles. The Balaban J connectivity index is 5.14. The molecule has 0 aliphatic rings. The number of phosphoric acid groups is 1. The van der Waals surface area contributed by atoms with Crippen LogP contribution in [0.2, 0.25) is 0 Å². The number of phosphoric ester groups is 1. The van der Waals surface area contributed by atoms with E-state index in [0.717, 1.165) is 135 Å². The maximum absolute atomic E-state index is 13.6. The van der Waals surface area contributed by atoms with Crippen LogP contribution < -0.4 is 5.32 Å². The Kier molecular flexibility index (Phi) is 59.9. The number of ether oxygens (including phenoxy) is 1. The molecule has 10 heteroatoms. The lowest BCUT2D eigenvalue weighted by Gasteiger charge is -2.27. The lowest BCUT2D eigenvalue weighted by Crippen LogP contribution is -2.47. The number of quaternary nitrogens is 1. The number of rotatable bonds is 60. The van der Waals surface area contributed by atoms with Gasteiger partial charge in [0, 0.05) is 12.8 Å². The van der Waals surface area contributed by atoms with Crippen LogP contribution in [0.4, 0.5) is 0 Å². The summed E-state index contributed by atoms with van der Waals surface area (Å²) in [5.74, 6) is -0.568. The van der Waals surface area contributed by atoms with Crippen LogP contribution in [0.5, 0.6) is 0 Å². The summed E-state index contributed by atoms with van der Waals surface area (Å²) in [6, 6.07) is -0.884. The summed E-state index contributed by atoms with van der Waals surface area (Å²) in [6.45, 7) is 6.73. The average molecular weight is 1200 g/mol. The van der Waals surface area contributed by atoms with E-state index in [2.05, 4.69) is 160 Å². The summed E-state index contributed by atoms with van der Waals surface area (Å²) in [5, 5.41) is 3.03. The van der Waals surface area contributed by atoms with E-state index in [0.29, 0.717) is 17.4 Å². The van der Waals surface area contributed by atoms with Gasteiger partial charge in [-0.05, 0) is 128 Å². The number of likely N-dealkylation sites (N-methyl/N-ethyl adjacent to an activating group) is 1. The summed E-state index contributed by atoms with van der Waals surface area (Å²) in [7, 11) is 1.45. The van der Waals surface area contributed by atoms with Crippen LogP contribution >= 0.6 is 7.82 Å². The zero-order valence-corrected chi connectivity index (χ0v) is 56.2. The van der Waals surface area contributed by atoms with E-state index in [9.17, 15) is 19.0 Å². The molecule has 0 saturated carbocycles. The molecule has 0 aromatic rings. The summed E-state index contributed by atoms with van der Waals surface area (Å²) >= 11 is 0. The summed E-state index contributed by atoms with van der Waals surface area (Å²) in [6.07, 6.45) is 91.5. The molecule has 0 fully saturated rings. The molecule has 0 radical (unpaired) electrons. The summed E-state index contributed by atoms with van der Waals surface area (Å²) < 4.78 is 30.7. The SMILES string of the molecule is CC/C=C\C/C=C\C/C=C\C/C=C\C/C=C\C/C=C\CCCCC(=O)NC(COP(=O)(O)OCC[N+](C)(C)C)C(/C=C\CCCCCCCCCCC)OC(=O)CCCCCCCCCCCCC/C=C\C/C=C\C/C=C\C/C=C\C/C=C\CC. The number of esters is 1. The second kappa shape index (κ2) is 62.9. The highest BCUT2D eigenvalue weighted by Gasteiger charge is 2.30. The normalized spacial score (nSPS) is 14.5. The minimum atomic E-state index is -4.48. The Morgan fingerprint density at radius 1 is 0.424 bits per heavy atom. The van der Waals surface area contributed by atoms with Crippen LogP contribution in [0.3, 0.4) is 0 Å². The molecule has 3 atom stereocenters. The van der Waals surface area contributed by atoms with Gasteiger partial charge in [-0.15, -0.1) is 0 Å². The fraction of sp³-hybridized carbons (Fsp3) is 0.653. The first-order valence-electron chi connectivity index (χ1n) is 34.2. The van der Waals surface area contributed by atoms with Crippen LogP contribution in [0, 0.1) is 0 Å². The number of amides is 1. The van der Waals surface area contributed by atoms with Gasteiger partial charge in [0.25, 0.3) is 0 Å². The van der Waals surface area contributed by atoms with Crippen LogP contribution in [0.15, 0.2) is 146 Å². The Labute approximate surface area is 523 Å². The largest absolute Gasteiger partial charge is 0.472 e. The van der Waals surface area contributed by atoms with Gasteiger partial charge in [-0.25, -0.2) is 4.57 Å². The zero-order valence-electron chi connectivity index (χ0n) is 55.3. The number of allylic oxidation sites excluding steroid dienone is 23. The van der Waals surface area contributed by atoms with Crippen molar-refractivity contribution in [2.45, 2.75) is 277 Å². The average Bonchev–Trinajstić information content (AvgIpc) is 3.57. The predicted molar refractivity (Wildman–Crippen MR) is 369 cm³/mol. The van der Waals surface area contributed by atoms with Gasteiger partial charge in [-0.3, -0.25) is 18.6 Å². The third-order valence-electron chi connectivity index (χ3n) is 14.3. The molecule has 0 spiro atoms. The predicted octanol–water partition coefficient (Wildman–Crippen LogP) is 21.8. The molecular formula is C75H128N2O7P+. The van der Waals surface area contributed by atoms with Crippen molar-refractivity contribution < 1.29 is 37.3 Å². The van der Waals surface area contributed by atoms with Crippen LogP contribution in [-0.2, 0) is 27.9 Å². The Morgan fingerprint density at radius 3 is 1.14 bits per heavy atom. The molecule has 0 heterocycles. The van der Waals surface area contributed by atoms with Crippen molar-refractivity contribution in [3.05, 3.63) is 146 Å². The lowest BCUT2D eigenvalue weighted by atomic mass is 10.0. The quantitative estimate of drug-likeness (QED) is 0.0205. The van der Waals surface area contributed by atoms with Gasteiger partial charge in [0.15, 0.2) is 0 Å². The van der Waals surface area contributed by atoms with E-state index >= 15 is 0 Å². The first-order chi connectivity index (χ1) is 41.4. The minimum Gasteiger partial charge on any atom is -0.456 e. The molecule has 0 aliphatic carbocycles. The van der Waals surface area contributed by atoms with Crippen molar-refractivity contribution in [1.29, 1.82) is 0 Å². The molecule has 0 bridgehead atoms. The van der Waals surface area contributed by atoms with E-state index in [-0.39, 0.29) is 37.9 Å². The Hall–Kier alpha value is -4.11. The van der Waals surface area contributed by atoms with Crippen molar-refractivity contribution in [3.8, 4) is 0 Å². The fourth-order valence-corrected chi connectivity index (χ4v) is 9.82. The molecule has 9 nitrogen and oxygen atoms in total. The molecule has 484 valence electrons. The molecule has 0 rings (SSSR count). The number of nitrogens with zero attached hydrogens (tertiary/aromatic N) is 1. The van der Waals surface area contributed by atoms with Crippen LogP contribution in [0.25, 0.3) is 0 Å². The van der Waals surface area contributed by atoms with Gasteiger partial charge in [-0.2, -0.15) is 0 Å². The van der Waals surface area contributed by atoms with Crippen molar-refractivity contribution >= 4 is 19.7 Å². The highest BCUT2D eigenvalue weighted by molar-refractivity contribution is 7.47. The number of carbonyl (C=O) groups excluding carboxylic acids is 2. The number of carbonyl (C=O) groups is 2. The minimum absolute atomic E-state index is 0.0234. The molecule has 1 amide bonds. The van der Waals surface area contributed by atoms with Crippen molar-refractivity contribution in [1.82, 2.24) is 5.32 Å². The van der Waals surface area contributed by atoms with Crippen molar-refractivity contribution in [3.63, 3.8) is 0 Å². The molecule has 2 N–H and O–H groups in total. The van der Waals surface area contributed by atoms with Crippen LogP contribution in [0.1, 0.15) is 265 Å². The van der Waals surface area contributed by atoms with Crippen molar-refractivity contribution in [2.75, 3.05) is 40.9 Å². The summed E-state index contributed by atoms with van der Waals surface area (Å²) in [5.41, 5.74) is 0. The fourth-order valence-electron chi connectivity index (χ4n) is 9.09. The smallest absolute Gasteiger partial charge is 0.456 e. The number of hydrogen-bond donors (Lipinski definition) is 2. The van der Waals surface area contributed by atoms with Crippen LogP contribution in [-0.4, -0.2) is 74.3 Å². The standard InChI is InChI=1S/C75H127N2O7P/c1-7-10-13-16-19-22-25-27-29-31-33-35-36-37-38-39-40-42-44-46-48-50-53-56-59-62-65-68-75(79)84-73(66-63-60-57-54-51-24-21-18-15-12-9-3)72(71-83-85(80,81)82-70-69-77(4,5)6)76-74(78)67-64-61-58-55-52-49-47-45-43-41-34-32-30-28-26-23-20-17-14-11-8-2/h10-11,13-14,19-20,22-23,27-30,33-35,37-38,41,45,47,52,55,63,66,72-73H,7-9,12,15-18,21,24-26,31-32,36,39-40,42-44,46,48-51,53-54,56-62,64-65,67-71H2,1-6H3,(H-,76,78,80,81)/p+1/b13-10-,14-11-,22-19-,23-20-,29-27-,30-28-,35-33-,38-37-,41-34-,47-45-,55-52-,66-63-. The molecule has 3 unspecified atom stereocenters. The highest BCUT2D eigenvalue weighted by Crippen LogP contribution is 2.43. The third-order valence-corrected chi connectivity index (χ3v) is 15.3. The second-order valence-corrected chi connectivity index (χ2v) is 25.0. The summed E-state index contributed by atoms with van der Waals surface area (Å²) in [4.78, 5) is 37.8. The van der Waals surface area contributed by atoms with E-state index in [1.54, 1.807) is 0 Å². The van der Waals surface area contributed by atoms with E-state index < -0.39 is 20.0 Å². The first kappa shape index (κ1) is 80.9. The van der Waals surface area contributed by atoms with Gasteiger partial charge < -0.3 is 19.4 Å². The number of hydrogen-bond acceptors (Lipinski definition) is 6. The maximum atomic E-state index is 13.6. The molecule has 0 aromatic heterocycles.